The van der Waals surface area contributed by atoms with Gasteiger partial charge in [-0.05, 0) is 37.7 Å². The van der Waals surface area contributed by atoms with E-state index in [0.29, 0.717) is 45.3 Å². The number of hydrogen-bond donors (Lipinski definition) is 2. The van der Waals surface area contributed by atoms with Gasteiger partial charge in [0.1, 0.15) is 18.2 Å². The van der Waals surface area contributed by atoms with Gasteiger partial charge in [-0.2, -0.15) is 0 Å². The number of nitrogens with one attached hydrogen (secondary N) is 1. The average molecular weight is 717 g/mol. The first-order valence-corrected chi connectivity index (χ1v) is 17.9. The molecule has 1 aromatic rings. The monoisotopic (exact) mass is 715 g/mol. The molecule has 3 aliphatic rings. The van der Waals surface area contributed by atoms with Crippen molar-refractivity contribution in [2.45, 2.75) is 93.3 Å². The van der Waals surface area contributed by atoms with Gasteiger partial charge < -0.3 is 29.7 Å². The Morgan fingerprint density at radius 1 is 1.17 bits per heavy atom. The van der Waals surface area contributed by atoms with Crippen LogP contribution in [0.25, 0.3) is 0 Å². The number of esters is 1. The molecule has 258 valence electrons. The summed E-state index contributed by atoms with van der Waals surface area (Å²) >= 11 is 3.75. The molecule has 0 aromatic heterocycles. The topological polar surface area (TPSA) is 125 Å². The second-order valence-corrected chi connectivity index (χ2v) is 13.9. The second kappa shape index (κ2) is 17.4. The number of aliphatic hydroxyl groups is 1. The molecule has 3 saturated heterocycles. The lowest BCUT2D eigenvalue weighted by atomic mass is 9.70. The van der Waals surface area contributed by atoms with E-state index in [1.54, 1.807) is 22.0 Å². The fourth-order valence-corrected chi connectivity index (χ4v) is 8.25. The summed E-state index contributed by atoms with van der Waals surface area (Å²) in [5.41, 5.74) is -0.400. The van der Waals surface area contributed by atoms with Gasteiger partial charge in [0.05, 0.1) is 24.0 Å². The fourth-order valence-electron chi connectivity index (χ4n) is 7.31. The number of fused-ring (bicyclic) bond motifs is 1. The molecular formula is C36H50BrN3O7. The minimum absolute atomic E-state index is 0.0690. The van der Waals surface area contributed by atoms with E-state index in [1.807, 2.05) is 30.3 Å². The molecule has 3 amide bonds. The maximum Gasteiger partial charge on any atom is 0.306 e. The van der Waals surface area contributed by atoms with E-state index in [4.69, 9.17) is 9.47 Å². The normalized spacial score (nSPS) is 26.5. The van der Waals surface area contributed by atoms with Crippen molar-refractivity contribution in [1.82, 2.24) is 15.1 Å². The zero-order chi connectivity index (χ0) is 34.0. The summed E-state index contributed by atoms with van der Waals surface area (Å²) in [6, 6.07) is 7.76. The fraction of sp³-hybridized carbons (Fsp3) is 0.611. The van der Waals surface area contributed by atoms with Crippen LogP contribution in [0, 0.1) is 11.8 Å². The Bertz CT molecular complexity index is 1260. The molecule has 2 bridgehead atoms. The van der Waals surface area contributed by atoms with Gasteiger partial charge in [-0.3, -0.25) is 19.2 Å². The van der Waals surface area contributed by atoms with Gasteiger partial charge in [0.25, 0.3) is 0 Å². The molecular weight excluding hydrogens is 666 g/mol. The molecule has 2 N–H and O–H groups in total. The summed E-state index contributed by atoms with van der Waals surface area (Å²) in [4.78, 5) is 58.7. The lowest BCUT2D eigenvalue weighted by Gasteiger charge is -2.37. The van der Waals surface area contributed by atoms with Crippen LogP contribution in [0.2, 0.25) is 0 Å². The molecule has 1 unspecified atom stereocenters. The van der Waals surface area contributed by atoms with Crippen LogP contribution < -0.4 is 5.32 Å². The van der Waals surface area contributed by atoms with Crippen LogP contribution >= 0.6 is 15.9 Å². The molecule has 0 aliphatic carbocycles. The van der Waals surface area contributed by atoms with Gasteiger partial charge >= 0.3 is 5.97 Å². The van der Waals surface area contributed by atoms with Gasteiger partial charge in [-0.25, -0.2) is 0 Å². The number of alkyl halides is 1. The van der Waals surface area contributed by atoms with Crippen LogP contribution in [0.4, 0.5) is 0 Å². The maximum absolute atomic E-state index is 14.4. The molecule has 1 spiro atoms. The van der Waals surface area contributed by atoms with Gasteiger partial charge in [-0.15, -0.1) is 13.2 Å². The molecule has 3 fully saturated rings. The van der Waals surface area contributed by atoms with Crippen molar-refractivity contribution in [3.8, 4) is 0 Å². The molecule has 47 heavy (non-hydrogen) atoms. The number of nitrogens with zero attached hydrogens (tertiary/aromatic N) is 2. The van der Waals surface area contributed by atoms with Crippen molar-refractivity contribution in [3.63, 3.8) is 0 Å². The van der Waals surface area contributed by atoms with E-state index < -0.39 is 41.6 Å². The Hall–Kier alpha value is -3.02. The summed E-state index contributed by atoms with van der Waals surface area (Å²) in [6.07, 6.45) is 8.51. The van der Waals surface area contributed by atoms with E-state index in [9.17, 15) is 24.3 Å². The Morgan fingerprint density at radius 2 is 1.91 bits per heavy atom. The summed E-state index contributed by atoms with van der Waals surface area (Å²) in [5, 5.41) is 12.3. The number of halogens is 1. The number of hydrogen-bond acceptors (Lipinski definition) is 7. The minimum Gasteiger partial charge on any atom is -0.463 e. The number of amides is 3. The van der Waals surface area contributed by atoms with Crippen molar-refractivity contribution >= 4 is 39.6 Å². The molecule has 7 atom stereocenters. The second-order valence-electron chi connectivity index (χ2n) is 12.7. The van der Waals surface area contributed by atoms with Crippen LogP contribution in [-0.2, 0) is 28.7 Å². The first-order chi connectivity index (χ1) is 22.7. The molecule has 0 saturated carbocycles. The van der Waals surface area contributed by atoms with Crippen molar-refractivity contribution in [2.24, 2.45) is 11.8 Å². The molecule has 11 heteroatoms. The van der Waals surface area contributed by atoms with E-state index in [1.165, 1.54) is 0 Å². The number of carbonyl (C=O) groups excluding carboxylic acids is 4. The first-order valence-electron chi connectivity index (χ1n) is 17.0. The molecule has 3 heterocycles. The van der Waals surface area contributed by atoms with Gasteiger partial charge in [-0.1, -0.05) is 84.6 Å². The van der Waals surface area contributed by atoms with Gasteiger partial charge in [0.15, 0.2) is 0 Å². The summed E-state index contributed by atoms with van der Waals surface area (Å²) in [5.74, 6) is -2.87. The zero-order valence-corrected chi connectivity index (χ0v) is 29.1. The smallest absolute Gasteiger partial charge is 0.306 e. The Labute approximate surface area is 287 Å². The zero-order valence-electron chi connectivity index (χ0n) is 27.5. The van der Waals surface area contributed by atoms with Crippen molar-refractivity contribution in [2.75, 3.05) is 32.8 Å². The predicted molar refractivity (Wildman–Crippen MR) is 182 cm³/mol. The lowest BCUT2D eigenvalue weighted by molar-refractivity contribution is -0.148. The number of rotatable bonds is 20. The number of benzene rings is 1. The van der Waals surface area contributed by atoms with E-state index >= 15 is 0 Å². The third kappa shape index (κ3) is 8.17. The molecule has 10 nitrogen and oxygen atoms in total. The standard InChI is InChI=1S/C36H50BrN3O7/c1-4-7-18-28(42)46-24-27(25-16-12-11-13-17-25)38-33(43)29-30-34(44)40(21-14-9-10-15-22-41)32(36(30)23-26(37)31(29)47-36)35(45)39(19-6-3)20-8-5-2/h4,6,11-13,16-17,26-27,29-32,41H,1,3,5,7-10,14-15,18-24H2,2H3,(H,38,43)/t26?,27-,29-,30+,31-,32-,36+/m0/s1. The van der Waals surface area contributed by atoms with Crippen LogP contribution in [0.15, 0.2) is 55.6 Å². The first kappa shape index (κ1) is 36.8. The number of likely N-dealkylation sites (tertiary alicyclic amines) is 1. The molecule has 1 aromatic carbocycles. The van der Waals surface area contributed by atoms with Gasteiger partial charge in [0, 0.05) is 37.5 Å². The summed E-state index contributed by atoms with van der Waals surface area (Å²) < 4.78 is 12.2. The lowest BCUT2D eigenvalue weighted by Crippen LogP contribution is -2.57. The summed E-state index contributed by atoms with van der Waals surface area (Å²) in [7, 11) is 0. The number of aliphatic hydroxyl groups excluding tert-OH is 1. The third-order valence-corrected chi connectivity index (χ3v) is 10.4. The van der Waals surface area contributed by atoms with Crippen molar-refractivity contribution in [3.05, 3.63) is 61.2 Å². The maximum atomic E-state index is 14.4. The van der Waals surface area contributed by atoms with E-state index in [0.717, 1.165) is 31.2 Å². The van der Waals surface area contributed by atoms with E-state index in [2.05, 4.69) is 41.3 Å². The quantitative estimate of drug-likeness (QED) is 0.0884. The van der Waals surface area contributed by atoms with Crippen LogP contribution in [0.5, 0.6) is 0 Å². The highest BCUT2D eigenvalue weighted by molar-refractivity contribution is 9.09. The predicted octanol–water partition coefficient (Wildman–Crippen LogP) is 4.47. The van der Waals surface area contributed by atoms with Crippen molar-refractivity contribution in [1.29, 1.82) is 0 Å². The van der Waals surface area contributed by atoms with Crippen molar-refractivity contribution < 1.29 is 33.8 Å². The minimum atomic E-state index is -1.16. The highest BCUT2D eigenvalue weighted by atomic mass is 79.9. The van der Waals surface area contributed by atoms with Gasteiger partial charge in [0.2, 0.25) is 17.7 Å². The Balaban J connectivity index is 1.63. The van der Waals surface area contributed by atoms with E-state index in [-0.39, 0.29) is 42.2 Å². The Morgan fingerprint density at radius 3 is 2.60 bits per heavy atom. The van der Waals surface area contributed by atoms with Crippen LogP contribution in [0.3, 0.4) is 0 Å². The molecule has 4 rings (SSSR count). The third-order valence-electron chi connectivity index (χ3n) is 9.56. The molecule has 3 aliphatic heterocycles. The molecule has 0 radical (unpaired) electrons. The largest absolute Gasteiger partial charge is 0.463 e. The highest BCUT2D eigenvalue weighted by Gasteiger charge is 2.76. The number of carbonyl (C=O) groups is 4. The average Bonchev–Trinajstić information content (AvgIpc) is 3.66. The Kier molecular flexibility index (Phi) is 13.6. The SMILES string of the molecule is C=CCCC(=O)OC[C@H](NC(=O)[C@@H]1[C@H]2O[C@@]3(CC2Br)[C@H](C(=O)N(CC=C)CCCC)N(CCCCCCO)C(=O)[C@@H]13)c1ccccc1. The number of allylic oxidation sites excluding steroid dienone is 1. The number of ether oxygens (including phenoxy) is 2. The van der Waals surface area contributed by atoms with Crippen LogP contribution in [-0.4, -0.2) is 94.0 Å². The number of unbranched alkanes of at least 4 members (excludes halogenated alkanes) is 4. The highest BCUT2D eigenvalue weighted by Crippen LogP contribution is 2.60. The summed E-state index contributed by atoms with van der Waals surface area (Å²) in [6.45, 7) is 10.9. The van der Waals surface area contributed by atoms with Crippen LogP contribution in [0.1, 0.15) is 76.3 Å².